The molecule has 2 aromatic heterocycles. The molecule has 0 saturated carbocycles. The Morgan fingerprint density at radius 3 is 2.37 bits per heavy atom. The fourth-order valence-corrected chi connectivity index (χ4v) is 5.89. The molecule has 0 bridgehead atoms. The van der Waals surface area contributed by atoms with E-state index in [9.17, 15) is 0 Å². The van der Waals surface area contributed by atoms with E-state index < -0.39 is 0 Å². The Morgan fingerprint density at radius 2 is 1.74 bits per heavy atom. The minimum atomic E-state index is 0.311. The number of hydrogen-bond donors (Lipinski definition) is 0. The Labute approximate surface area is 182 Å². The Balaban J connectivity index is 1.93. The van der Waals surface area contributed by atoms with Gasteiger partial charge in [-0.1, -0.05) is 11.6 Å². The van der Waals surface area contributed by atoms with E-state index in [4.69, 9.17) is 23.5 Å². The zero-order valence-electron chi connectivity index (χ0n) is 15.3. The van der Waals surface area contributed by atoms with E-state index in [1.165, 1.54) is 16.6 Å². The number of anilines is 1. The quantitative estimate of drug-likeness (QED) is 0.381. The first-order chi connectivity index (χ1) is 12.8. The summed E-state index contributed by atoms with van der Waals surface area (Å²) in [4.78, 5) is 7.33. The third-order valence-corrected chi connectivity index (χ3v) is 6.58. The van der Waals surface area contributed by atoms with Crippen LogP contribution in [-0.4, -0.2) is 22.6 Å². The summed E-state index contributed by atoms with van der Waals surface area (Å²) in [6.45, 7) is 12.3. The highest BCUT2D eigenvalue weighted by molar-refractivity contribution is 9.11. The van der Waals surface area contributed by atoms with E-state index in [2.05, 4.69) is 67.4 Å². The molecule has 4 rings (SSSR count). The lowest BCUT2D eigenvalue weighted by molar-refractivity contribution is 0.476. The number of aryl methyl sites for hydroxylation is 2. The van der Waals surface area contributed by atoms with Gasteiger partial charge in [0.25, 0.3) is 0 Å². The van der Waals surface area contributed by atoms with Crippen molar-refractivity contribution in [3.8, 4) is 5.69 Å². The number of benzene rings is 1. The summed E-state index contributed by atoms with van der Waals surface area (Å²) in [5.74, 6) is 0.311. The molecule has 27 heavy (non-hydrogen) atoms. The largest absolute Gasteiger partial charge is 0.371 e. The molecule has 1 fully saturated rings. The van der Waals surface area contributed by atoms with E-state index >= 15 is 0 Å². The third kappa shape index (κ3) is 3.54. The van der Waals surface area contributed by atoms with Gasteiger partial charge < -0.3 is 4.90 Å². The first kappa shape index (κ1) is 19.3. The lowest BCUT2D eigenvalue weighted by Gasteiger charge is -2.32. The molecule has 0 spiro atoms. The van der Waals surface area contributed by atoms with Crippen molar-refractivity contribution in [1.82, 2.24) is 9.55 Å². The van der Waals surface area contributed by atoms with Gasteiger partial charge in [-0.25, -0.2) is 4.98 Å². The van der Waals surface area contributed by atoms with Gasteiger partial charge in [0.2, 0.25) is 0 Å². The highest BCUT2D eigenvalue weighted by atomic mass is 79.9. The Morgan fingerprint density at radius 1 is 1.11 bits per heavy atom. The summed E-state index contributed by atoms with van der Waals surface area (Å²) < 4.78 is 3.99. The SMILES string of the molecule is [CH]C1CCN(c2cc(C)nc3c2c(C)cn3-c2c(Br)cc(Cl)cc2Br)CC1. The van der Waals surface area contributed by atoms with Gasteiger partial charge in [-0.15, -0.1) is 0 Å². The molecule has 0 aliphatic carbocycles. The van der Waals surface area contributed by atoms with Crippen molar-refractivity contribution >= 4 is 60.2 Å². The average Bonchev–Trinajstić information content (AvgIpc) is 2.90. The van der Waals surface area contributed by atoms with Crippen molar-refractivity contribution in [2.45, 2.75) is 26.7 Å². The third-order valence-electron chi connectivity index (χ3n) is 5.16. The zero-order valence-corrected chi connectivity index (χ0v) is 19.2. The molecule has 3 nitrogen and oxygen atoms in total. The number of fused-ring (bicyclic) bond motifs is 1. The normalized spacial score (nSPS) is 15.7. The summed E-state index contributed by atoms with van der Waals surface area (Å²) in [5.41, 5.74) is 5.43. The number of aromatic nitrogens is 2. The standard InChI is InChI=1S/C21H20Br2ClN3/c1-12-4-6-26(7-5-12)18-8-14(3)25-21-19(18)13(2)11-27(21)20-16(22)9-15(24)10-17(20)23/h1,8-12H,4-7H2,2-3H3. The van der Waals surface area contributed by atoms with Crippen LogP contribution in [0.2, 0.25) is 5.02 Å². The summed E-state index contributed by atoms with van der Waals surface area (Å²) in [7, 11) is 0. The van der Waals surface area contributed by atoms with Gasteiger partial charge in [0.05, 0.1) is 5.69 Å². The Kier molecular flexibility index (Phi) is 5.30. The number of halogens is 3. The maximum Gasteiger partial charge on any atom is 0.147 e. The van der Waals surface area contributed by atoms with E-state index in [0.29, 0.717) is 10.9 Å². The van der Waals surface area contributed by atoms with Gasteiger partial charge in [0.15, 0.2) is 0 Å². The van der Waals surface area contributed by atoms with Crippen LogP contribution in [0.25, 0.3) is 16.7 Å². The number of piperidine rings is 1. The van der Waals surface area contributed by atoms with E-state index in [1.807, 2.05) is 12.1 Å². The molecule has 0 N–H and O–H groups in total. The highest BCUT2D eigenvalue weighted by Gasteiger charge is 2.22. The van der Waals surface area contributed by atoms with Crippen LogP contribution >= 0.6 is 43.5 Å². The van der Waals surface area contributed by atoms with Crippen LogP contribution in [0.5, 0.6) is 0 Å². The monoisotopic (exact) mass is 507 g/mol. The molecule has 3 aromatic rings. The molecule has 140 valence electrons. The van der Waals surface area contributed by atoms with Crippen LogP contribution in [-0.2, 0) is 0 Å². The van der Waals surface area contributed by atoms with Crippen molar-refractivity contribution in [2.24, 2.45) is 5.92 Å². The van der Waals surface area contributed by atoms with Crippen LogP contribution in [0.1, 0.15) is 24.1 Å². The van der Waals surface area contributed by atoms with Gasteiger partial charge in [-0.3, -0.25) is 4.57 Å². The van der Waals surface area contributed by atoms with Gasteiger partial charge in [-0.2, -0.15) is 0 Å². The van der Waals surface area contributed by atoms with Crippen molar-refractivity contribution in [1.29, 1.82) is 0 Å². The first-order valence-corrected chi connectivity index (χ1v) is 11.0. The molecule has 3 heterocycles. The minimum Gasteiger partial charge on any atom is -0.371 e. The van der Waals surface area contributed by atoms with Crippen molar-refractivity contribution in [3.63, 3.8) is 0 Å². The summed E-state index contributed by atoms with van der Waals surface area (Å²) in [5, 5.41) is 1.88. The zero-order chi connectivity index (χ0) is 19.3. The number of rotatable bonds is 2. The first-order valence-electron chi connectivity index (χ1n) is 9.00. The van der Waals surface area contributed by atoms with Crippen molar-refractivity contribution in [3.05, 3.63) is 56.5 Å². The molecule has 0 atom stereocenters. The van der Waals surface area contributed by atoms with Gasteiger partial charge in [0.1, 0.15) is 5.65 Å². The minimum absolute atomic E-state index is 0.311. The predicted molar refractivity (Wildman–Crippen MR) is 120 cm³/mol. The predicted octanol–water partition coefficient (Wildman–Crippen LogP) is 6.75. The molecule has 6 heteroatoms. The molecule has 1 aliphatic heterocycles. The molecule has 2 radical (unpaired) electrons. The second-order valence-corrected chi connectivity index (χ2v) is 9.35. The maximum absolute atomic E-state index is 6.20. The molecule has 1 aliphatic rings. The van der Waals surface area contributed by atoms with Crippen LogP contribution in [0, 0.1) is 26.7 Å². The second-order valence-electron chi connectivity index (χ2n) is 7.21. The summed E-state index contributed by atoms with van der Waals surface area (Å²) >= 11 is 13.5. The molecule has 1 saturated heterocycles. The molecule has 0 amide bonds. The van der Waals surface area contributed by atoms with Crippen molar-refractivity contribution < 1.29 is 0 Å². The number of nitrogens with zero attached hydrogens (tertiary/aromatic N) is 3. The van der Waals surface area contributed by atoms with Crippen LogP contribution in [0.4, 0.5) is 5.69 Å². The van der Waals surface area contributed by atoms with Crippen LogP contribution in [0.15, 0.2) is 33.3 Å². The molecule has 1 aromatic carbocycles. The van der Waals surface area contributed by atoms with E-state index in [1.54, 1.807) is 0 Å². The van der Waals surface area contributed by atoms with Crippen molar-refractivity contribution in [2.75, 3.05) is 18.0 Å². The topological polar surface area (TPSA) is 21.1 Å². The molecular weight excluding hydrogens is 490 g/mol. The average molecular weight is 510 g/mol. The van der Waals surface area contributed by atoms with E-state index in [-0.39, 0.29) is 0 Å². The second kappa shape index (κ2) is 7.41. The van der Waals surface area contributed by atoms with Gasteiger partial charge in [0, 0.05) is 50.0 Å². The van der Waals surface area contributed by atoms with E-state index in [0.717, 1.165) is 51.9 Å². The van der Waals surface area contributed by atoms with Crippen LogP contribution < -0.4 is 4.90 Å². The lowest BCUT2D eigenvalue weighted by atomic mass is 9.98. The Bertz CT molecular complexity index is 997. The number of pyridine rings is 1. The number of hydrogen-bond acceptors (Lipinski definition) is 2. The summed E-state index contributed by atoms with van der Waals surface area (Å²) in [6.07, 6.45) is 4.20. The lowest BCUT2D eigenvalue weighted by Crippen LogP contribution is -2.33. The van der Waals surface area contributed by atoms with Crippen LogP contribution in [0.3, 0.4) is 0 Å². The fraction of sp³-hybridized carbons (Fsp3) is 0.333. The Hall–Kier alpha value is -1.04. The highest BCUT2D eigenvalue weighted by Crippen LogP contribution is 2.39. The van der Waals surface area contributed by atoms with Gasteiger partial charge >= 0.3 is 0 Å². The fourth-order valence-electron chi connectivity index (χ4n) is 3.84. The molecular formula is C21H20Br2ClN3. The van der Waals surface area contributed by atoms with Gasteiger partial charge in [-0.05, 0) is 95.2 Å². The smallest absolute Gasteiger partial charge is 0.147 e. The summed E-state index contributed by atoms with van der Waals surface area (Å²) in [6, 6.07) is 6.01. The maximum atomic E-state index is 6.20. The molecule has 0 unspecified atom stereocenters.